The lowest BCUT2D eigenvalue weighted by Crippen LogP contribution is -2.26. The molecule has 0 saturated carbocycles. The Bertz CT molecular complexity index is 637. The van der Waals surface area contributed by atoms with Crippen molar-refractivity contribution in [3.8, 4) is 0 Å². The second kappa shape index (κ2) is 5.94. The van der Waals surface area contributed by atoms with E-state index >= 15 is 0 Å². The average Bonchev–Trinajstić information content (AvgIpc) is 3.34. The number of carbonyl (C=O) groups is 1. The van der Waals surface area contributed by atoms with E-state index < -0.39 is 0 Å². The number of hydrogen-bond donors (Lipinski definition) is 0. The van der Waals surface area contributed by atoms with Crippen LogP contribution in [-0.2, 0) is 9.53 Å². The van der Waals surface area contributed by atoms with Gasteiger partial charge in [-0.3, -0.25) is 4.79 Å². The fourth-order valence-electron chi connectivity index (χ4n) is 2.23. The van der Waals surface area contributed by atoms with E-state index in [0.29, 0.717) is 0 Å². The van der Waals surface area contributed by atoms with Crippen LogP contribution in [0.2, 0.25) is 0 Å². The molecule has 0 aliphatic carbocycles. The second-order valence-electron chi connectivity index (χ2n) is 5.06. The van der Waals surface area contributed by atoms with Crippen molar-refractivity contribution < 1.29 is 9.53 Å². The van der Waals surface area contributed by atoms with E-state index in [1.54, 1.807) is 18.1 Å². The van der Waals surface area contributed by atoms with Gasteiger partial charge < -0.3 is 9.64 Å². The Balaban J connectivity index is 1.60. The summed E-state index contributed by atoms with van der Waals surface area (Å²) in [6.07, 6.45) is 3.23. The standard InChI is InChI=1S/C18H17NO2/c1-19(13-12-14-8-4-2-5-9-14)18(20)17-16(21-17)15-10-6-3-7-11-15/h2-13,16-17H,1H3/b13-12-/t16-,17+/m1/s1. The van der Waals surface area contributed by atoms with Crippen LogP contribution in [0.1, 0.15) is 17.2 Å². The molecule has 1 aliphatic heterocycles. The summed E-state index contributed by atoms with van der Waals surface area (Å²) in [6, 6.07) is 19.7. The number of ether oxygens (including phenoxy) is 1. The number of benzene rings is 2. The van der Waals surface area contributed by atoms with E-state index in [4.69, 9.17) is 4.74 Å². The Morgan fingerprint density at radius 1 is 1.05 bits per heavy atom. The lowest BCUT2D eigenvalue weighted by Gasteiger charge is -2.10. The number of carbonyl (C=O) groups excluding carboxylic acids is 1. The maximum absolute atomic E-state index is 12.3. The van der Waals surface area contributed by atoms with Gasteiger partial charge in [0.2, 0.25) is 0 Å². The van der Waals surface area contributed by atoms with Crippen LogP contribution in [0.15, 0.2) is 66.9 Å². The second-order valence-corrected chi connectivity index (χ2v) is 5.06. The Hall–Kier alpha value is -2.39. The van der Waals surface area contributed by atoms with Crippen molar-refractivity contribution in [1.29, 1.82) is 0 Å². The van der Waals surface area contributed by atoms with E-state index in [0.717, 1.165) is 11.1 Å². The van der Waals surface area contributed by atoms with Crippen molar-refractivity contribution in [3.63, 3.8) is 0 Å². The molecular weight excluding hydrogens is 262 g/mol. The van der Waals surface area contributed by atoms with Gasteiger partial charge in [0.15, 0.2) is 6.10 Å². The number of hydrogen-bond acceptors (Lipinski definition) is 2. The van der Waals surface area contributed by atoms with Crippen LogP contribution in [0.3, 0.4) is 0 Å². The van der Waals surface area contributed by atoms with Crippen molar-refractivity contribution in [2.75, 3.05) is 7.05 Å². The van der Waals surface area contributed by atoms with Crippen LogP contribution in [0, 0.1) is 0 Å². The molecule has 0 unspecified atom stereocenters. The largest absolute Gasteiger partial charge is 0.354 e. The van der Waals surface area contributed by atoms with E-state index in [2.05, 4.69) is 0 Å². The van der Waals surface area contributed by atoms with Gasteiger partial charge in [-0.2, -0.15) is 0 Å². The zero-order valence-corrected chi connectivity index (χ0v) is 11.8. The third-order valence-electron chi connectivity index (χ3n) is 3.50. The highest BCUT2D eigenvalue weighted by molar-refractivity contribution is 5.85. The average molecular weight is 279 g/mol. The lowest BCUT2D eigenvalue weighted by molar-refractivity contribution is -0.128. The molecule has 1 aliphatic rings. The van der Waals surface area contributed by atoms with Gasteiger partial charge in [-0.25, -0.2) is 0 Å². The molecule has 2 aromatic carbocycles. The van der Waals surface area contributed by atoms with E-state index in [1.807, 2.05) is 66.7 Å². The molecule has 3 heteroatoms. The van der Waals surface area contributed by atoms with Crippen LogP contribution in [0.5, 0.6) is 0 Å². The van der Waals surface area contributed by atoms with Crippen molar-refractivity contribution in [3.05, 3.63) is 78.0 Å². The van der Waals surface area contributed by atoms with Crippen molar-refractivity contribution >= 4 is 12.0 Å². The summed E-state index contributed by atoms with van der Waals surface area (Å²) >= 11 is 0. The summed E-state index contributed by atoms with van der Waals surface area (Å²) in [6.45, 7) is 0. The molecule has 0 spiro atoms. The summed E-state index contributed by atoms with van der Waals surface area (Å²) in [5, 5.41) is 0. The highest BCUT2D eigenvalue weighted by atomic mass is 16.6. The van der Waals surface area contributed by atoms with E-state index in [9.17, 15) is 4.79 Å². The fourth-order valence-corrected chi connectivity index (χ4v) is 2.23. The molecule has 0 N–H and O–H groups in total. The van der Waals surface area contributed by atoms with Gasteiger partial charge in [0.25, 0.3) is 5.91 Å². The Morgan fingerprint density at radius 2 is 1.67 bits per heavy atom. The molecule has 1 amide bonds. The first-order chi connectivity index (χ1) is 10.3. The highest BCUT2D eigenvalue weighted by Crippen LogP contribution is 2.39. The first kappa shape index (κ1) is 13.6. The highest BCUT2D eigenvalue weighted by Gasteiger charge is 2.46. The molecule has 2 aromatic rings. The maximum Gasteiger partial charge on any atom is 0.258 e. The Labute approximate surface area is 124 Å². The monoisotopic (exact) mass is 279 g/mol. The minimum absolute atomic E-state index is 0.0176. The van der Waals surface area contributed by atoms with Crippen LogP contribution in [0.25, 0.3) is 6.08 Å². The molecule has 3 rings (SSSR count). The molecule has 1 heterocycles. The minimum Gasteiger partial charge on any atom is -0.354 e. The summed E-state index contributed by atoms with van der Waals surface area (Å²) in [4.78, 5) is 13.8. The zero-order valence-electron chi connectivity index (χ0n) is 11.8. The molecule has 1 saturated heterocycles. The molecule has 0 aromatic heterocycles. The van der Waals surface area contributed by atoms with Gasteiger partial charge >= 0.3 is 0 Å². The smallest absolute Gasteiger partial charge is 0.258 e. The van der Waals surface area contributed by atoms with Crippen molar-refractivity contribution in [2.24, 2.45) is 0 Å². The van der Waals surface area contributed by atoms with E-state index in [1.165, 1.54) is 0 Å². The zero-order chi connectivity index (χ0) is 14.7. The molecule has 1 fully saturated rings. The van der Waals surface area contributed by atoms with Gasteiger partial charge in [0.1, 0.15) is 6.10 Å². The Morgan fingerprint density at radius 3 is 2.33 bits per heavy atom. The molecule has 21 heavy (non-hydrogen) atoms. The normalized spacial score (nSPS) is 20.4. The first-order valence-electron chi connectivity index (χ1n) is 6.96. The van der Waals surface area contributed by atoms with Crippen molar-refractivity contribution in [1.82, 2.24) is 4.90 Å². The summed E-state index contributed by atoms with van der Waals surface area (Å²) in [5.74, 6) is -0.0176. The van der Waals surface area contributed by atoms with Crippen LogP contribution >= 0.6 is 0 Å². The molecule has 106 valence electrons. The van der Waals surface area contributed by atoms with Gasteiger partial charge in [0.05, 0.1) is 0 Å². The van der Waals surface area contributed by atoms with Gasteiger partial charge in [-0.05, 0) is 17.2 Å². The molecular formula is C18H17NO2. The quantitative estimate of drug-likeness (QED) is 0.805. The number of rotatable bonds is 4. The fraction of sp³-hybridized carbons (Fsp3) is 0.167. The SMILES string of the molecule is CN(/C=C\c1ccccc1)C(=O)[C@H]1O[C@@H]1c1ccccc1. The summed E-state index contributed by atoms with van der Waals surface area (Å²) < 4.78 is 5.51. The number of likely N-dealkylation sites (N-methyl/N-ethyl adjacent to an activating group) is 1. The summed E-state index contributed by atoms with van der Waals surface area (Å²) in [5.41, 5.74) is 2.12. The predicted octanol–water partition coefficient (Wildman–Crippen LogP) is 3.26. The summed E-state index contributed by atoms with van der Waals surface area (Å²) in [7, 11) is 1.76. The van der Waals surface area contributed by atoms with Gasteiger partial charge in [0, 0.05) is 13.2 Å². The van der Waals surface area contributed by atoms with Crippen LogP contribution in [-0.4, -0.2) is 24.0 Å². The topological polar surface area (TPSA) is 32.8 Å². The Kier molecular flexibility index (Phi) is 3.84. The van der Waals surface area contributed by atoms with Gasteiger partial charge in [-0.1, -0.05) is 60.7 Å². The first-order valence-corrected chi connectivity index (χ1v) is 6.96. The molecule has 2 atom stereocenters. The number of nitrogens with zero attached hydrogens (tertiary/aromatic N) is 1. The number of amides is 1. The number of epoxide rings is 1. The third-order valence-corrected chi connectivity index (χ3v) is 3.50. The maximum atomic E-state index is 12.3. The van der Waals surface area contributed by atoms with Gasteiger partial charge in [-0.15, -0.1) is 0 Å². The predicted molar refractivity (Wildman–Crippen MR) is 82.3 cm³/mol. The third kappa shape index (κ3) is 3.20. The van der Waals surface area contributed by atoms with Crippen LogP contribution < -0.4 is 0 Å². The molecule has 0 radical (unpaired) electrons. The van der Waals surface area contributed by atoms with E-state index in [-0.39, 0.29) is 18.1 Å². The molecule has 0 bridgehead atoms. The van der Waals surface area contributed by atoms with Crippen LogP contribution in [0.4, 0.5) is 0 Å². The molecule has 3 nitrogen and oxygen atoms in total. The lowest BCUT2D eigenvalue weighted by atomic mass is 10.1. The minimum atomic E-state index is -0.363. The van der Waals surface area contributed by atoms with Crippen molar-refractivity contribution in [2.45, 2.75) is 12.2 Å².